The van der Waals surface area contributed by atoms with Gasteiger partial charge in [0.15, 0.2) is 0 Å². The third-order valence-electron chi connectivity index (χ3n) is 5.07. The lowest BCUT2D eigenvalue weighted by Gasteiger charge is -2.21. The van der Waals surface area contributed by atoms with Crippen LogP contribution in [0.1, 0.15) is 73.2 Å². The molecule has 0 saturated carbocycles. The van der Waals surface area contributed by atoms with Crippen molar-refractivity contribution in [1.29, 1.82) is 0 Å². The Labute approximate surface area is 166 Å². The molecule has 0 amide bonds. The minimum Gasteiger partial charge on any atom is -0.478 e. The second-order valence-electron chi connectivity index (χ2n) is 7.21. The van der Waals surface area contributed by atoms with Crippen molar-refractivity contribution in [3.63, 3.8) is 0 Å². The van der Waals surface area contributed by atoms with Crippen LogP contribution in [0, 0.1) is 0 Å². The van der Waals surface area contributed by atoms with Gasteiger partial charge in [-0.1, -0.05) is 69.4 Å². The first-order chi connectivity index (χ1) is 13.7. The topological polar surface area (TPSA) is 50.9 Å². The lowest BCUT2D eigenvalue weighted by Crippen LogP contribution is -2.13. The molecule has 0 radical (unpaired) electrons. The number of carboxylic acids is 1. The summed E-state index contributed by atoms with van der Waals surface area (Å²) >= 11 is 0. The molecule has 28 heavy (non-hydrogen) atoms. The molecule has 0 fully saturated rings. The summed E-state index contributed by atoms with van der Waals surface area (Å²) in [7, 11) is 0. The minimum absolute atomic E-state index is 0.283. The van der Waals surface area contributed by atoms with Gasteiger partial charge in [0.25, 0.3) is 0 Å². The SMILES string of the molecule is CCCCCCCCOC(c1ccccc1)c1cc(C(=O)O)cc2cccn12. The number of aromatic carboxylic acids is 1. The molecule has 1 atom stereocenters. The average Bonchev–Trinajstić information content (AvgIpc) is 3.19. The van der Waals surface area contributed by atoms with E-state index in [1.165, 1.54) is 25.7 Å². The number of nitrogens with zero attached hydrogens (tertiary/aromatic N) is 1. The fraction of sp³-hybridized carbons (Fsp3) is 0.375. The van der Waals surface area contributed by atoms with E-state index in [-0.39, 0.29) is 11.7 Å². The summed E-state index contributed by atoms with van der Waals surface area (Å²) in [6.07, 6.45) is 8.90. The van der Waals surface area contributed by atoms with Crippen LogP contribution in [-0.2, 0) is 4.74 Å². The molecule has 2 aromatic heterocycles. The molecule has 4 heteroatoms. The number of hydrogen-bond acceptors (Lipinski definition) is 2. The van der Waals surface area contributed by atoms with Crippen molar-refractivity contribution in [2.45, 2.75) is 51.6 Å². The number of hydrogen-bond donors (Lipinski definition) is 1. The Morgan fingerprint density at radius 1 is 1.00 bits per heavy atom. The molecule has 0 aliphatic rings. The molecule has 0 spiro atoms. The van der Waals surface area contributed by atoms with E-state index >= 15 is 0 Å². The van der Waals surface area contributed by atoms with Crippen LogP contribution in [0.25, 0.3) is 5.52 Å². The van der Waals surface area contributed by atoms with Crippen molar-refractivity contribution in [2.75, 3.05) is 6.61 Å². The highest BCUT2D eigenvalue weighted by Gasteiger charge is 2.20. The van der Waals surface area contributed by atoms with E-state index in [9.17, 15) is 9.90 Å². The molecule has 148 valence electrons. The number of pyridine rings is 1. The highest BCUT2D eigenvalue weighted by Crippen LogP contribution is 2.28. The van der Waals surface area contributed by atoms with E-state index in [0.29, 0.717) is 6.61 Å². The molecular formula is C24H29NO3. The van der Waals surface area contributed by atoms with Crippen LogP contribution in [-0.4, -0.2) is 22.1 Å². The maximum absolute atomic E-state index is 11.6. The molecule has 0 bridgehead atoms. The summed E-state index contributed by atoms with van der Waals surface area (Å²) in [6.45, 7) is 2.88. The lowest BCUT2D eigenvalue weighted by molar-refractivity contribution is 0.0688. The van der Waals surface area contributed by atoms with Gasteiger partial charge in [0, 0.05) is 18.3 Å². The molecule has 2 heterocycles. The smallest absolute Gasteiger partial charge is 0.335 e. The van der Waals surface area contributed by atoms with E-state index < -0.39 is 5.97 Å². The number of unbranched alkanes of at least 4 members (excludes halogenated alkanes) is 5. The van der Waals surface area contributed by atoms with Gasteiger partial charge in [0.1, 0.15) is 6.10 Å². The molecule has 4 nitrogen and oxygen atoms in total. The van der Waals surface area contributed by atoms with Crippen LogP contribution >= 0.6 is 0 Å². The number of benzene rings is 1. The molecule has 1 aromatic carbocycles. The first-order valence-electron chi connectivity index (χ1n) is 10.2. The Bertz CT molecular complexity index is 885. The molecule has 1 unspecified atom stereocenters. The third-order valence-corrected chi connectivity index (χ3v) is 5.07. The second kappa shape index (κ2) is 10.1. The number of ether oxygens (including phenoxy) is 1. The van der Waals surface area contributed by atoms with Gasteiger partial charge in [0.2, 0.25) is 0 Å². The molecule has 1 N–H and O–H groups in total. The van der Waals surface area contributed by atoms with Crippen molar-refractivity contribution in [2.24, 2.45) is 0 Å². The quantitative estimate of drug-likeness (QED) is 0.409. The molecule has 0 saturated heterocycles. The highest BCUT2D eigenvalue weighted by molar-refractivity contribution is 5.89. The van der Waals surface area contributed by atoms with E-state index in [1.807, 2.05) is 53.1 Å². The Morgan fingerprint density at radius 2 is 1.75 bits per heavy atom. The van der Waals surface area contributed by atoms with Crippen LogP contribution < -0.4 is 0 Å². The van der Waals surface area contributed by atoms with Gasteiger partial charge in [-0.3, -0.25) is 0 Å². The molecule has 0 aliphatic carbocycles. The third kappa shape index (κ3) is 5.02. The van der Waals surface area contributed by atoms with E-state index in [2.05, 4.69) is 6.92 Å². The number of carbonyl (C=O) groups is 1. The molecule has 3 rings (SSSR count). The summed E-state index contributed by atoms with van der Waals surface area (Å²) in [6, 6.07) is 17.3. The second-order valence-corrected chi connectivity index (χ2v) is 7.21. The standard InChI is InChI=1S/C24H29NO3/c1-2-3-4-5-6-10-16-28-23(19-12-8-7-9-13-19)22-18-20(24(26)27)17-21-14-11-15-25(21)22/h7-9,11-15,17-18,23H,2-6,10,16H2,1H3,(H,26,27). The van der Waals surface area contributed by atoms with Crippen LogP contribution in [0.5, 0.6) is 0 Å². The monoisotopic (exact) mass is 379 g/mol. The normalized spacial score (nSPS) is 12.3. The Morgan fingerprint density at radius 3 is 2.50 bits per heavy atom. The van der Waals surface area contributed by atoms with Crippen molar-refractivity contribution >= 4 is 11.5 Å². The largest absolute Gasteiger partial charge is 0.478 e. The molecular weight excluding hydrogens is 350 g/mol. The zero-order valence-electron chi connectivity index (χ0n) is 16.5. The Kier molecular flexibility index (Phi) is 7.26. The maximum Gasteiger partial charge on any atom is 0.335 e. The van der Waals surface area contributed by atoms with Crippen molar-refractivity contribution in [1.82, 2.24) is 4.40 Å². The van der Waals surface area contributed by atoms with Crippen molar-refractivity contribution < 1.29 is 14.6 Å². The van der Waals surface area contributed by atoms with E-state index in [4.69, 9.17) is 4.74 Å². The predicted octanol–water partition coefficient (Wildman–Crippen LogP) is 6.10. The minimum atomic E-state index is -0.923. The summed E-state index contributed by atoms with van der Waals surface area (Å²) in [4.78, 5) is 11.6. The summed E-state index contributed by atoms with van der Waals surface area (Å²) < 4.78 is 8.34. The number of aromatic nitrogens is 1. The first kappa shape index (κ1) is 20.2. The van der Waals surface area contributed by atoms with Crippen LogP contribution in [0.4, 0.5) is 0 Å². The maximum atomic E-state index is 11.6. The first-order valence-corrected chi connectivity index (χ1v) is 10.2. The highest BCUT2D eigenvalue weighted by atomic mass is 16.5. The van der Waals surface area contributed by atoms with Crippen LogP contribution in [0.3, 0.4) is 0 Å². The lowest BCUT2D eigenvalue weighted by atomic mass is 10.0. The average molecular weight is 380 g/mol. The number of carboxylic acid groups (broad SMARTS) is 1. The van der Waals surface area contributed by atoms with E-state index in [0.717, 1.165) is 29.6 Å². The van der Waals surface area contributed by atoms with Crippen LogP contribution in [0.15, 0.2) is 60.8 Å². The number of fused-ring (bicyclic) bond motifs is 1. The van der Waals surface area contributed by atoms with Gasteiger partial charge in [-0.15, -0.1) is 0 Å². The van der Waals surface area contributed by atoms with Crippen molar-refractivity contribution in [3.05, 3.63) is 77.6 Å². The molecule has 0 aliphatic heterocycles. The Balaban J connectivity index is 1.83. The van der Waals surface area contributed by atoms with Gasteiger partial charge in [0.05, 0.1) is 11.3 Å². The summed E-state index contributed by atoms with van der Waals surface area (Å²) in [5.41, 5.74) is 3.02. The predicted molar refractivity (Wildman–Crippen MR) is 112 cm³/mol. The van der Waals surface area contributed by atoms with Crippen LogP contribution in [0.2, 0.25) is 0 Å². The van der Waals surface area contributed by atoms with E-state index in [1.54, 1.807) is 12.1 Å². The van der Waals surface area contributed by atoms with Crippen molar-refractivity contribution in [3.8, 4) is 0 Å². The fourth-order valence-corrected chi connectivity index (χ4v) is 3.57. The van der Waals surface area contributed by atoms with Gasteiger partial charge in [-0.05, 0) is 36.2 Å². The zero-order chi connectivity index (χ0) is 19.8. The zero-order valence-corrected chi connectivity index (χ0v) is 16.5. The molecule has 3 aromatic rings. The Hall–Kier alpha value is -2.59. The summed E-state index contributed by atoms with van der Waals surface area (Å²) in [5.74, 6) is -0.923. The van der Waals surface area contributed by atoms with Gasteiger partial charge in [-0.25, -0.2) is 4.79 Å². The van der Waals surface area contributed by atoms with Gasteiger partial charge >= 0.3 is 5.97 Å². The van der Waals surface area contributed by atoms with Gasteiger partial charge < -0.3 is 14.2 Å². The summed E-state index contributed by atoms with van der Waals surface area (Å²) in [5, 5.41) is 9.53. The fourth-order valence-electron chi connectivity index (χ4n) is 3.57. The number of rotatable bonds is 11. The van der Waals surface area contributed by atoms with Gasteiger partial charge in [-0.2, -0.15) is 0 Å².